The summed E-state index contributed by atoms with van der Waals surface area (Å²) in [5, 5.41) is 30.1. The Morgan fingerprint density at radius 2 is 1.69 bits per heavy atom. The van der Waals surface area contributed by atoms with Crippen molar-refractivity contribution in [1.82, 2.24) is 9.97 Å². The number of H-pyrrole nitrogens is 1. The van der Waals surface area contributed by atoms with E-state index < -0.39 is 35.9 Å². The third kappa shape index (κ3) is 4.14. The van der Waals surface area contributed by atoms with Crippen molar-refractivity contribution in [2.75, 3.05) is 6.61 Å². The normalized spacial score (nSPS) is 13.1. The Labute approximate surface area is 181 Å². The monoisotopic (exact) mass is 436 g/mol. The van der Waals surface area contributed by atoms with E-state index in [2.05, 4.69) is 9.97 Å². The number of Topliss-reactive ketones (excluding diaryl/α,β-unsaturated/α-hetero) is 1. The number of hydrogen-bond acceptors (Lipinski definition) is 5. The molecule has 3 aromatic carbocycles. The number of ketones is 1. The lowest BCUT2D eigenvalue weighted by Gasteiger charge is -2.12. The van der Waals surface area contributed by atoms with Crippen molar-refractivity contribution in [2.24, 2.45) is 0 Å². The van der Waals surface area contributed by atoms with Crippen molar-refractivity contribution in [2.45, 2.75) is 6.10 Å². The topological polar surface area (TPSA) is 106 Å². The van der Waals surface area contributed by atoms with Crippen LogP contribution in [0, 0.1) is 11.6 Å². The first kappa shape index (κ1) is 21.4. The molecule has 32 heavy (non-hydrogen) atoms. The molecule has 0 aliphatic rings. The summed E-state index contributed by atoms with van der Waals surface area (Å²) in [7, 11) is 0. The number of carbonyl (C=O) groups is 1. The van der Waals surface area contributed by atoms with Crippen LogP contribution in [-0.4, -0.2) is 37.7 Å². The second-order valence-corrected chi connectivity index (χ2v) is 7.14. The number of hydrogen-bond donors (Lipinski definition) is 4. The summed E-state index contributed by atoms with van der Waals surface area (Å²) in [4.78, 5) is 20.8. The summed E-state index contributed by atoms with van der Waals surface area (Å²) in [6.07, 6.45) is -1.20. The van der Waals surface area contributed by atoms with Crippen molar-refractivity contribution in [3.63, 3.8) is 0 Å². The van der Waals surface area contributed by atoms with E-state index in [9.17, 15) is 28.9 Å². The van der Waals surface area contributed by atoms with Gasteiger partial charge in [-0.1, -0.05) is 30.3 Å². The van der Waals surface area contributed by atoms with Crippen molar-refractivity contribution < 1.29 is 28.9 Å². The Hall–Kier alpha value is -3.88. The molecule has 0 aliphatic heterocycles. The molecular formula is C24H18F2N2O4. The summed E-state index contributed by atoms with van der Waals surface area (Å²) in [5.41, 5.74) is 0.943. The van der Waals surface area contributed by atoms with Gasteiger partial charge in [-0.05, 0) is 35.9 Å². The van der Waals surface area contributed by atoms with Crippen molar-refractivity contribution in [1.29, 1.82) is 0 Å². The lowest BCUT2D eigenvalue weighted by molar-refractivity contribution is 0.0953. The van der Waals surface area contributed by atoms with Crippen molar-refractivity contribution in [3.8, 4) is 0 Å². The van der Waals surface area contributed by atoms with Gasteiger partial charge in [-0.2, -0.15) is 0 Å². The number of nitrogens with one attached hydrogen (secondary N) is 1. The molecule has 0 fully saturated rings. The number of para-hydroxylation sites is 2. The number of carbonyl (C=O) groups excluding carboxylic acids is 1. The van der Waals surface area contributed by atoms with Gasteiger partial charge < -0.3 is 20.3 Å². The summed E-state index contributed by atoms with van der Waals surface area (Å²) < 4.78 is 27.6. The fourth-order valence-corrected chi connectivity index (χ4v) is 3.37. The van der Waals surface area contributed by atoms with Gasteiger partial charge in [0.25, 0.3) is 0 Å². The Kier molecular flexibility index (Phi) is 5.81. The van der Waals surface area contributed by atoms with Crippen LogP contribution in [0.5, 0.6) is 0 Å². The van der Waals surface area contributed by atoms with Gasteiger partial charge >= 0.3 is 0 Å². The summed E-state index contributed by atoms with van der Waals surface area (Å²) in [5.74, 6) is -3.20. The highest BCUT2D eigenvalue weighted by molar-refractivity contribution is 6.33. The number of aromatic amines is 1. The molecule has 0 saturated carbocycles. The lowest BCUT2D eigenvalue weighted by Crippen LogP contribution is -2.10. The standard InChI is InChI=1S/C24H18F2N2O4/c25-16-9-15(10-17(26)11-16)23(32)21(24-27-18-6-1-2-7-19(18)28-24)22(31)14-5-3-4-13(8-14)20(30)12-29/h1-11,20,29-30,32H,12H2,(H,27,28)/t20-/m1/s1. The maximum Gasteiger partial charge on any atom is 0.200 e. The Morgan fingerprint density at radius 3 is 2.38 bits per heavy atom. The van der Waals surface area contributed by atoms with E-state index in [1.807, 2.05) is 0 Å². The SMILES string of the molecule is O=C(C(=C(O)c1cc(F)cc(F)c1)c1nc2ccccc2[nH]1)c1cccc([C@H](O)CO)c1. The molecule has 0 spiro atoms. The maximum atomic E-state index is 13.8. The number of nitrogens with zero attached hydrogens (tertiary/aromatic N) is 1. The fraction of sp³-hybridized carbons (Fsp3) is 0.0833. The van der Waals surface area contributed by atoms with Gasteiger partial charge in [0.2, 0.25) is 5.78 Å². The maximum absolute atomic E-state index is 13.8. The Bertz CT molecular complexity index is 1290. The number of halogens is 2. The van der Waals surface area contributed by atoms with Crippen LogP contribution in [0.1, 0.15) is 33.4 Å². The van der Waals surface area contributed by atoms with Gasteiger partial charge in [-0.3, -0.25) is 4.79 Å². The van der Waals surface area contributed by atoms with Gasteiger partial charge in [0.05, 0.1) is 17.6 Å². The van der Waals surface area contributed by atoms with Crippen LogP contribution in [0.15, 0.2) is 66.7 Å². The van der Waals surface area contributed by atoms with Gasteiger partial charge in [0.15, 0.2) is 0 Å². The largest absolute Gasteiger partial charge is 0.506 e. The van der Waals surface area contributed by atoms with Crippen LogP contribution < -0.4 is 0 Å². The minimum Gasteiger partial charge on any atom is -0.506 e. The minimum absolute atomic E-state index is 0.00600. The summed E-state index contributed by atoms with van der Waals surface area (Å²) in [6, 6.07) is 15.3. The van der Waals surface area contributed by atoms with E-state index in [1.54, 1.807) is 24.3 Å². The second kappa shape index (κ2) is 8.70. The van der Waals surface area contributed by atoms with E-state index in [-0.39, 0.29) is 22.5 Å². The number of benzene rings is 3. The first-order valence-electron chi connectivity index (χ1n) is 9.66. The third-order valence-corrected chi connectivity index (χ3v) is 4.93. The highest BCUT2D eigenvalue weighted by Crippen LogP contribution is 2.29. The predicted molar refractivity (Wildman–Crippen MR) is 115 cm³/mol. The van der Waals surface area contributed by atoms with Crippen LogP contribution >= 0.6 is 0 Å². The van der Waals surface area contributed by atoms with E-state index in [4.69, 9.17) is 0 Å². The summed E-state index contributed by atoms with van der Waals surface area (Å²) in [6.45, 7) is -0.544. The van der Waals surface area contributed by atoms with Crippen LogP contribution in [-0.2, 0) is 0 Å². The van der Waals surface area contributed by atoms with E-state index in [1.165, 1.54) is 24.3 Å². The lowest BCUT2D eigenvalue weighted by atomic mass is 9.96. The molecule has 0 aliphatic carbocycles. The van der Waals surface area contributed by atoms with Crippen LogP contribution in [0.4, 0.5) is 8.78 Å². The van der Waals surface area contributed by atoms with Gasteiger partial charge in [-0.25, -0.2) is 13.8 Å². The zero-order valence-corrected chi connectivity index (χ0v) is 16.6. The van der Waals surface area contributed by atoms with Gasteiger partial charge in [0.1, 0.15) is 34.9 Å². The molecule has 1 atom stereocenters. The molecule has 8 heteroatoms. The van der Waals surface area contributed by atoms with Gasteiger partial charge in [0, 0.05) is 17.2 Å². The molecule has 162 valence electrons. The fourth-order valence-electron chi connectivity index (χ4n) is 3.37. The number of allylic oxidation sites excluding steroid dienone is 1. The number of fused-ring (bicyclic) bond motifs is 1. The molecule has 0 unspecified atom stereocenters. The molecule has 0 amide bonds. The van der Waals surface area contributed by atoms with Crippen LogP contribution in [0.25, 0.3) is 22.4 Å². The summed E-state index contributed by atoms with van der Waals surface area (Å²) >= 11 is 0. The first-order valence-corrected chi connectivity index (χ1v) is 9.66. The highest BCUT2D eigenvalue weighted by Gasteiger charge is 2.25. The predicted octanol–water partition coefficient (Wildman–Crippen LogP) is 4.18. The van der Waals surface area contributed by atoms with Crippen LogP contribution in [0.2, 0.25) is 0 Å². The van der Waals surface area contributed by atoms with E-state index in [0.29, 0.717) is 22.7 Å². The Balaban J connectivity index is 1.92. The number of aliphatic hydroxyl groups is 3. The molecule has 6 nitrogen and oxygen atoms in total. The Morgan fingerprint density at radius 1 is 0.969 bits per heavy atom. The molecule has 4 rings (SSSR count). The van der Waals surface area contributed by atoms with Gasteiger partial charge in [-0.15, -0.1) is 0 Å². The second-order valence-electron chi connectivity index (χ2n) is 7.14. The van der Waals surface area contributed by atoms with E-state index in [0.717, 1.165) is 12.1 Å². The molecule has 0 radical (unpaired) electrons. The smallest absolute Gasteiger partial charge is 0.200 e. The molecule has 0 saturated heterocycles. The molecule has 4 N–H and O–H groups in total. The van der Waals surface area contributed by atoms with Crippen molar-refractivity contribution >= 4 is 28.1 Å². The molecule has 1 heterocycles. The average molecular weight is 436 g/mol. The molecule has 1 aromatic heterocycles. The van der Waals surface area contributed by atoms with Crippen LogP contribution in [0.3, 0.4) is 0 Å². The number of rotatable bonds is 6. The van der Waals surface area contributed by atoms with Crippen molar-refractivity contribution in [3.05, 3.63) is 101 Å². The van der Waals surface area contributed by atoms with E-state index >= 15 is 0 Å². The number of aliphatic hydroxyl groups excluding tert-OH is 3. The zero-order valence-electron chi connectivity index (χ0n) is 16.6. The molecule has 0 bridgehead atoms. The highest BCUT2D eigenvalue weighted by atomic mass is 19.1. The third-order valence-electron chi connectivity index (χ3n) is 4.93. The minimum atomic E-state index is -1.20. The number of aromatic nitrogens is 2. The first-order chi connectivity index (χ1) is 15.4. The molecule has 4 aromatic rings. The quantitative estimate of drug-likeness (QED) is 0.206. The molecular weight excluding hydrogens is 418 g/mol. The number of imidazole rings is 1. The average Bonchev–Trinajstić information content (AvgIpc) is 3.21. The zero-order chi connectivity index (χ0) is 22.8.